The number of hydrogen-bond donors (Lipinski definition) is 2. The Bertz CT molecular complexity index is 1010. The van der Waals surface area contributed by atoms with Gasteiger partial charge in [0.25, 0.3) is 5.91 Å². The molecular formula is C19H17ClN4O3. The zero-order valence-electron chi connectivity index (χ0n) is 14.7. The van der Waals surface area contributed by atoms with Crippen LogP contribution in [0.2, 0.25) is 5.02 Å². The molecule has 0 aliphatic rings. The summed E-state index contributed by atoms with van der Waals surface area (Å²) in [6.45, 7) is 1.87. The second-order valence-electron chi connectivity index (χ2n) is 5.81. The normalized spacial score (nSPS) is 10.5. The lowest BCUT2D eigenvalue weighted by molar-refractivity contribution is 0.0602. The third-order valence-corrected chi connectivity index (χ3v) is 4.26. The van der Waals surface area contributed by atoms with Crippen LogP contribution in [-0.4, -0.2) is 28.8 Å². The molecule has 3 aromatic rings. The molecule has 7 nitrogen and oxygen atoms in total. The van der Waals surface area contributed by atoms with Gasteiger partial charge in [0.15, 0.2) is 0 Å². The minimum absolute atomic E-state index is 0.163. The van der Waals surface area contributed by atoms with Crippen molar-refractivity contribution in [2.24, 2.45) is 0 Å². The predicted octanol–water partition coefficient (Wildman–Crippen LogP) is 3.46. The fourth-order valence-electron chi connectivity index (χ4n) is 2.55. The quantitative estimate of drug-likeness (QED) is 0.671. The SMILES string of the molecule is COC(=O)c1cnn(-c2ccc(C(=O)Nc3ccc(Cl)cc3C)cc2)c1N. The largest absolute Gasteiger partial charge is 0.465 e. The van der Waals surface area contributed by atoms with Gasteiger partial charge in [0.05, 0.1) is 19.0 Å². The van der Waals surface area contributed by atoms with Gasteiger partial charge in [-0.25, -0.2) is 9.48 Å². The number of ether oxygens (including phenoxy) is 1. The number of hydrogen-bond acceptors (Lipinski definition) is 5. The Morgan fingerprint density at radius 3 is 2.52 bits per heavy atom. The van der Waals surface area contributed by atoms with Crippen LogP contribution in [0.25, 0.3) is 5.69 Å². The molecule has 0 unspecified atom stereocenters. The van der Waals surface area contributed by atoms with Gasteiger partial charge in [-0.1, -0.05) is 11.6 Å². The molecule has 0 spiro atoms. The number of esters is 1. The minimum Gasteiger partial charge on any atom is -0.465 e. The first kappa shape index (κ1) is 18.5. The van der Waals surface area contributed by atoms with Crippen molar-refractivity contribution in [2.45, 2.75) is 6.92 Å². The van der Waals surface area contributed by atoms with Crippen LogP contribution >= 0.6 is 11.6 Å². The monoisotopic (exact) mass is 384 g/mol. The number of carbonyl (C=O) groups is 2. The summed E-state index contributed by atoms with van der Waals surface area (Å²) < 4.78 is 6.06. The van der Waals surface area contributed by atoms with E-state index in [1.165, 1.54) is 18.0 Å². The zero-order chi connectivity index (χ0) is 19.6. The molecule has 0 saturated heterocycles. The maximum atomic E-state index is 12.4. The third-order valence-electron chi connectivity index (χ3n) is 4.02. The molecule has 1 aromatic heterocycles. The second-order valence-corrected chi connectivity index (χ2v) is 6.24. The van der Waals surface area contributed by atoms with E-state index < -0.39 is 5.97 Å². The summed E-state index contributed by atoms with van der Waals surface area (Å²) in [5, 5.41) is 7.55. The smallest absolute Gasteiger partial charge is 0.343 e. The number of aryl methyl sites for hydroxylation is 1. The Balaban J connectivity index is 1.80. The Labute approximate surface area is 160 Å². The lowest BCUT2D eigenvalue weighted by Crippen LogP contribution is -2.13. The van der Waals surface area contributed by atoms with E-state index in [9.17, 15) is 9.59 Å². The number of nitrogens with zero attached hydrogens (tertiary/aromatic N) is 2. The maximum absolute atomic E-state index is 12.4. The minimum atomic E-state index is -0.562. The highest BCUT2D eigenvalue weighted by Gasteiger charge is 2.16. The molecule has 0 fully saturated rings. The molecule has 1 amide bonds. The van der Waals surface area contributed by atoms with Gasteiger partial charge in [-0.15, -0.1) is 0 Å². The van der Waals surface area contributed by atoms with Gasteiger partial charge in [0, 0.05) is 16.3 Å². The fourth-order valence-corrected chi connectivity index (χ4v) is 2.77. The first-order chi connectivity index (χ1) is 12.9. The van der Waals surface area contributed by atoms with Crippen molar-refractivity contribution in [2.75, 3.05) is 18.2 Å². The van der Waals surface area contributed by atoms with Crippen molar-refractivity contribution in [1.29, 1.82) is 0 Å². The third kappa shape index (κ3) is 3.78. The van der Waals surface area contributed by atoms with Gasteiger partial charge in [-0.05, 0) is 55.0 Å². The molecule has 8 heteroatoms. The van der Waals surface area contributed by atoms with Gasteiger partial charge < -0.3 is 15.8 Å². The average Bonchev–Trinajstić information content (AvgIpc) is 3.05. The van der Waals surface area contributed by atoms with Gasteiger partial charge in [0.2, 0.25) is 0 Å². The molecule has 3 rings (SSSR count). The molecule has 0 bridgehead atoms. The van der Waals surface area contributed by atoms with Crippen molar-refractivity contribution in [3.05, 3.63) is 70.4 Å². The van der Waals surface area contributed by atoms with Crippen molar-refractivity contribution >= 4 is 35.0 Å². The van der Waals surface area contributed by atoms with Crippen LogP contribution in [0.1, 0.15) is 26.3 Å². The number of anilines is 2. The highest BCUT2D eigenvalue weighted by molar-refractivity contribution is 6.30. The van der Waals surface area contributed by atoms with E-state index in [4.69, 9.17) is 17.3 Å². The molecule has 3 N–H and O–H groups in total. The molecule has 1 heterocycles. The molecule has 0 aliphatic carbocycles. The van der Waals surface area contributed by atoms with Crippen LogP contribution in [0.5, 0.6) is 0 Å². The molecule has 2 aromatic carbocycles. The Hall–Kier alpha value is -3.32. The van der Waals surface area contributed by atoms with Crippen LogP contribution in [0.3, 0.4) is 0 Å². The lowest BCUT2D eigenvalue weighted by atomic mass is 10.1. The Kier molecular flexibility index (Phi) is 5.14. The molecule has 0 radical (unpaired) electrons. The Morgan fingerprint density at radius 2 is 1.89 bits per heavy atom. The van der Waals surface area contributed by atoms with E-state index in [-0.39, 0.29) is 17.3 Å². The number of aromatic nitrogens is 2. The highest BCUT2D eigenvalue weighted by atomic mass is 35.5. The molecule has 0 saturated carbocycles. The molecular weight excluding hydrogens is 368 g/mol. The van der Waals surface area contributed by atoms with Gasteiger partial charge >= 0.3 is 5.97 Å². The van der Waals surface area contributed by atoms with Gasteiger partial charge in [0.1, 0.15) is 11.4 Å². The molecule has 138 valence electrons. The summed E-state index contributed by atoms with van der Waals surface area (Å²) >= 11 is 5.93. The van der Waals surface area contributed by atoms with Gasteiger partial charge in [-0.2, -0.15) is 5.10 Å². The number of benzene rings is 2. The van der Waals surface area contributed by atoms with E-state index in [0.717, 1.165) is 5.56 Å². The summed E-state index contributed by atoms with van der Waals surface area (Å²) in [5.41, 5.74) is 8.76. The summed E-state index contributed by atoms with van der Waals surface area (Å²) in [4.78, 5) is 24.1. The summed E-state index contributed by atoms with van der Waals surface area (Å²) in [5.74, 6) is -0.653. The number of halogens is 1. The van der Waals surface area contributed by atoms with Crippen LogP contribution in [0.4, 0.5) is 11.5 Å². The van der Waals surface area contributed by atoms with E-state index in [1.54, 1.807) is 42.5 Å². The number of nitrogens with one attached hydrogen (secondary N) is 1. The van der Waals surface area contributed by atoms with Crippen molar-refractivity contribution in [1.82, 2.24) is 9.78 Å². The van der Waals surface area contributed by atoms with E-state index >= 15 is 0 Å². The Morgan fingerprint density at radius 1 is 1.19 bits per heavy atom. The highest BCUT2D eigenvalue weighted by Crippen LogP contribution is 2.21. The molecule has 0 atom stereocenters. The van der Waals surface area contributed by atoms with Crippen molar-refractivity contribution in [3.8, 4) is 5.69 Å². The van der Waals surface area contributed by atoms with E-state index in [1.807, 2.05) is 6.92 Å². The maximum Gasteiger partial charge on any atom is 0.343 e. The standard InChI is InChI=1S/C19H17ClN4O3/c1-11-9-13(20)5-8-16(11)23-18(25)12-3-6-14(7-4-12)24-17(21)15(10-22-24)19(26)27-2/h3-10H,21H2,1-2H3,(H,23,25). The average molecular weight is 385 g/mol. The second kappa shape index (κ2) is 7.51. The topological polar surface area (TPSA) is 99.2 Å². The zero-order valence-corrected chi connectivity index (χ0v) is 15.4. The predicted molar refractivity (Wildman–Crippen MR) is 103 cm³/mol. The molecule has 27 heavy (non-hydrogen) atoms. The van der Waals surface area contributed by atoms with Crippen LogP contribution in [0, 0.1) is 6.92 Å². The summed E-state index contributed by atoms with van der Waals surface area (Å²) in [6.07, 6.45) is 1.34. The van der Waals surface area contributed by atoms with Crippen LogP contribution < -0.4 is 11.1 Å². The van der Waals surface area contributed by atoms with E-state index in [0.29, 0.717) is 22.0 Å². The first-order valence-electron chi connectivity index (χ1n) is 8.00. The lowest BCUT2D eigenvalue weighted by Gasteiger charge is -2.10. The number of nitrogen functional groups attached to an aromatic ring is 1. The number of amides is 1. The summed E-state index contributed by atoms with van der Waals surface area (Å²) in [7, 11) is 1.27. The fraction of sp³-hybridized carbons (Fsp3) is 0.105. The molecule has 0 aliphatic heterocycles. The number of carbonyl (C=O) groups excluding carboxylic acids is 2. The number of methoxy groups -OCH3 is 1. The number of nitrogens with two attached hydrogens (primary N) is 1. The van der Waals surface area contributed by atoms with Crippen molar-refractivity contribution in [3.63, 3.8) is 0 Å². The van der Waals surface area contributed by atoms with Crippen LogP contribution in [0.15, 0.2) is 48.7 Å². The summed E-state index contributed by atoms with van der Waals surface area (Å²) in [6, 6.07) is 11.9. The van der Waals surface area contributed by atoms with E-state index in [2.05, 4.69) is 15.2 Å². The van der Waals surface area contributed by atoms with Gasteiger partial charge in [-0.3, -0.25) is 4.79 Å². The van der Waals surface area contributed by atoms with Crippen molar-refractivity contribution < 1.29 is 14.3 Å². The number of rotatable bonds is 4. The first-order valence-corrected chi connectivity index (χ1v) is 8.38. The van der Waals surface area contributed by atoms with Crippen LogP contribution in [-0.2, 0) is 4.74 Å².